The Morgan fingerprint density at radius 3 is 2.93 bits per heavy atom. The van der Waals surface area contributed by atoms with Crippen molar-refractivity contribution < 1.29 is 19.1 Å². The van der Waals surface area contributed by atoms with Crippen LogP contribution in [0, 0.1) is 11.8 Å². The second-order valence-electron chi connectivity index (χ2n) is 3.37. The highest BCUT2D eigenvalue weighted by Gasteiger charge is 2.46. The van der Waals surface area contributed by atoms with E-state index in [0.717, 1.165) is 4.48 Å². The number of carbonyl (C=O) groups is 2. The highest BCUT2D eigenvalue weighted by atomic mass is 79.9. The molecule has 76 valence electrons. The van der Waals surface area contributed by atoms with Gasteiger partial charge in [-0.15, -0.1) is 0 Å². The first kappa shape index (κ1) is 9.71. The van der Waals surface area contributed by atoms with Crippen LogP contribution in [-0.2, 0) is 19.1 Å². The van der Waals surface area contributed by atoms with E-state index >= 15 is 0 Å². The molecule has 0 aromatic heterocycles. The summed E-state index contributed by atoms with van der Waals surface area (Å²) >= 11 is 3.29. The molecule has 0 amide bonds. The zero-order chi connectivity index (χ0) is 10.3. The van der Waals surface area contributed by atoms with Crippen LogP contribution in [0.3, 0.4) is 0 Å². The molecule has 1 fully saturated rings. The Balaban J connectivity index is 2.24. The van der Waals surface area contributed by atoms with Gasteiger partial charge < -0.3 is 9.47 Å². The number of halogens is 1. The third kappa shape index (κ3) is 1.35. The first-order valence-electron chi connectivity index (χ1n) is 4.29. The van der Waals surface area contributed by atoms with Crippen molar-refractivity contribution in [2.24, 2.45) is 11.8 Å². The maximum atomic E-state index is 11.3. The Bertz CT molecular complexity index is 323. The minimum absolute atomic E-state index is 0.260. The molecule has 4 nitrogen and oxygen atoms in total. The molecule has 1 saturated heterocycles. The van der Waals surface area contributed by atoms with Crippen LogP contribution in [0.4, 0.5) is 0 Å². The third-order valence-electron chi connectivity index (χ3n) is 2.58. The molecule has 3 atom stereocenters. The monoisotopic (exact) mass is 260 g/mol. The standard InChI is InChI=1S/C9H9BrO4/c1-13-8(11)5-2-4-6(10)3-7(5)14-9(4)12/h3-5,7H,2H2,1H3/t4-,5+,7-/m1/s1. The second kappa shape index (κ2) is 3.38. The Labute approximate surface area is 89.4 Å². The molecule has 5 heteroatoms. The van der Waals surface area contributed by atoms with E-state index in [4.69, 9.17) is 4.74 Å². The van der Waals surface area contributed by atoms with Gasteiger partial charge in [0.05, 0.1) is 18.9 Å². The zero-order valence-electron chi connectivity index (χ0n) is 7.53. The lowest BCUT2D eigenvalue weighted by Crippen LogP contribution is -2.45. The van der Waals surface area contributed by atoms with Crippen molar-refractivity contribution in [3.8, 4) is 0 Å². The van der Waals surface area contributed by atoms with Gasteiger partial charge in [-0.05, 0) is 12.5 Å². The fraction of sp³-hybridized carbons (Fsp3) is 0.556. The van der Waals surface area contributed by atoms with Gasteiger partial charge in [-0.2, -0.15) is 0 Å². The van der Waals surface area contributed by atoms with Crippen molar-refractivity contribution >= 4 is 27.9 Å². The Hall–Kier alpha value is -0.840. The lowest BCUT2D eigenvalue weighted by molar-refractivity contribution is -0.170. The van der Waals surface area contributed by atoms with Crippen molar-refractivity contribution in [2.45, 2.75) is 12.5 Å². The van der Waals surface area contributed by atoms with Gasteiger partial charge in [-0.25, -0.2) is 0 Å². The molecule has 0 aromatic rings. The van der Waals surface area contributed by atoms with Crippen LogP contribution in [0.25, 0.3) is 0 Å². The van der Waals surface area contributed by atoms with Crippen LogP contribution < -0.4 is 0 Å². The summed E-state index contributed by atoms with van der Waals surface area (Å²) in [6.45, 7) is 0. The molecular weight excluding hydrogens is 252 g/mol. The summed E-state index contributed by atoms with van der Waals surface area (Å²) in [6, 6.07) is 0. The molecular formula is C9H9BrO4. The number of ether oxygens (including phenoxy) is 2. The van der Waals surface area contributed by atoms with E-state index in [9.17, 15) is 9.59 Å². The Morgan fingerprint density at radius 1 is 1.71 bits per heavy atom. The number of esters is 2. The fourth-order valence-corrected chi connectivity index (χ4v) is 2.45. The Kier molecular flexibility index (Phi) is 2.34. The van der Waals surface area contributed by atoms with E-state index in [1.807, 2.05) is 0 Å². The summed E-state index contributed by atoms with van der Waals surface area (Å²) in [6.07, 6.45) is 1.78. The molecule has 0 saturated carbocycles. The molecule has 2 aliphatic heterocycles. The van der Waals surface area contributed by atoms with Gasteiger partial charge in [0.1, 0.15) is 6.10 Å². The summed E-state index contributed by atoms with van der Waals surface area (Å²) in [5, 5.41) is 0. The summed E-state index contributed by atoms with van der Waals surface area (Å²) in [5.74, 6) is -1.25. The SMILES string of the molecule is COC(=O)[C@H]1C[C@H]2C(=O)O[C@@H]1C=C2Br. The summed E-state index contributed by atoms with van der Waals surface area (Å²) in [7, 11) is 1.34. The van der Waals surface area contributed by atoms with Crippen LogP contribution in [0.15, 0.2) is 10.6 Å². The molecule has 2 bridgehead atoms. The molecule has 0 spiro atoms. The van der Waals surface area contributed by atoms with Gasteiger partial charge in [0.2, 0.25) is 0 Å². The average molecular weight is 261 g/mol. The lowest BCUT2D eigenvalue weighted by atomic mass is 9.82. The number of hydrogen-bond acceptors (Lipinski definition) is 4. The van der Waals surface area contributed by atoms with Crippen LogP contribution in [0.2, 0.25) is 0 Å². The summed E-state index contributed by atoms with van der Waals surface area (Å²) in [4.78, 5) is 22.6. The maximum absolute atomic E-state index is 11.3. The molecule has 0 radical (unpaired) electrons. The van der Waals surface area contributed by atoms with Crippen molar-refractivity contribution in [2.75, 3.05) is 7.11 Å². The van der Waals surface area contributed by atoms with E-state index in [2.05, 4.69) is 20.7 Å². The van der Waals surface area contributed by atoms with Gasteiger partial charge in [0.25, 0.3) is 0 Å². The van der Waals surface area contributed by atoms with E-state index in [-0.39, 0.29) is 23.8 Å². The van der Waals surface area contributed by atoms with Crippen LogP contribution >= 0.6 is 15.9 Å². The van der Waals surface area contributed by atoms with Crippen molar-refractivity contribution in [3.63, 3.8) is 0 Å². The van der Waals surface area contributed by atoms with Gasteiger partial charge in [0.15, 0.2) is 0 Å². The highest BCUT2D eigenvalue weighted by Crippen LogP contribution is 2.40. The van der Waals surface area contributed by atoms with E-state index in [0.29, 0.717) is 6.42 Å². The van der Waals surface area contributed by atoms with Crippen molar-refractivity contribution in [1.29, 1.82) is 0 Å². The molecule has 14 heavy (non-hydrogen) atoms. The average Bonchev–Trinajstić information content (AvgIpc) is 2.16. The minimum Gasteiger partial charge on any atom is -0.469 e. The quantitative estimate of drug-likeness (QED) is 0.661. The van der Waals surface area contributed by atoms with Crippen LogP contribution in [-0.4, -0.2) is 25.2 Å². The smallest absolute Gasteiger partial charge is 0.314 e. The minimum atomic E-state index is -0.464. The molecule has 0 unspecified atom stereocenters. The molecule has 0 aromatic carbocycles. The predicted octanol–water partition coefficient (Wildman–Crippen LogP) is 1.000. The number of rotatable bonds is 1. The molecule has 0 N–H and O–H groups in total. The highest BCUT2D eigenvalue weighted by molar-refractivity contribution is 9.11. The lowest BCUT2D eigenvalue weighted by Gasteiger charge is -2.36. The summed E-state index contributed by atoms with van der Waals surface area (Å²) in [5.41, 5.74) is 0. The van der Waals surface area contributed by atoms with E-state index < -0.39 is 6.10 Å². The Morgan fingerprint density at radius 2 is 2.43 bits per heavy atom. The molecule has 2 heterocycles. The second-order valence-corrected chi connectivity index (χ2v) is 4.29. The van der Waals surface area contributed by atoms with Gasteiger partial charge in [0, 0.05) is 4.48 Å². The number of carbonyl (C=O) groups excluding carboxylic acids is 2. The van der Waals surface area contributed by atoms with Crippen molar-refractivity contribution in [3.05, 3.63) is 10.6 Å². The summed E-state index contributed by atoms with van der Waals surface area (Å²) < 4.78 is 10.5. The topological polar surface area (TPSA) is 52.6 Å². The van der Waals surface area contributed by atoms with Crippen LogP contribution in [0.1, 0.15) is 6.42 Å². The molecule has 3 rings (SSSR count). The van der Waals surface area contributed by atoms with Gasteiger partial charge >= 0.3 is 11.9 Å². The first-order chi connectivity index (χ1) is 6.63. The largest absolute Gasteiger partial charge is 0.469 e. The van der Waals surface area contributed by atoms with E-state index in [1.54, 1.807) is 6.08 Å². The number of methoxy groups -OCH3 is 1. The zero-order valence-corrected chi connectivity index (χ0v) is 9.11. The molecule has 3 aliphatic rings. The van der Waals surface area contributed by atoms with Gasteiger partial charge in [-0.1, -0.05) is 15.9 Å². The number of fused-ring (bicyclic) bond motifs is 2. The fourth-order valence-electron chi connectivity index (χ4n) is 1.81. The number of hydrogen-bond donors (Lipinski definition) is 0. The molecule has 1 aliphatic carbocycles. The predicted molar refractivity (Wildman–Crippen MR) is 50.5 cm³/mol. The van der Waals surface area contributed by atoms with Crippen LogP contribution in [0.5, 0.6) is 0 Å². The normalized spacial score (nSPS) is 34.9. The van der Waals surface area contributed by atoms with Crippen molar-refractivity contribution in [1.82, 2.24) is 0 Å². The van der Waals surface area contributed by atoms with E-state index in [1.165, 1.54) is 7.11 Å². The third-order valence-corrected chi connectivity index (χ3v) is 3.40. The maximum Gasteiger partial charge on any atom is 0.314 e. The van der Waals surface area contributed by atoms with Gasteiger partial charge in [-0.3, -0.25) is 9.59 Å². The first-order valence-corrected chi connectivity index (χ1v) is 5.08.